The molecule has 0 spiro atoms. The number of aromatic hydroxyl groups is 1. The fourth-order valence-electron chi connectivity index (χ4n) is 1.47. The summed E-state index contributed by atoms with van der Waals surface area (Å²) < 4.78 is 0. The molecule has 1 aromatic carbocycles. The third-order valence-corrected chi connectivity index (χ3v) is 2.83. The van der Waals surface area contributed by atoms with E-state index in [4.69, 9.17) is 23.2 Å². The average molecular weight is 254 g/mol. The Bertz CT molecular complexity index is 520. The van der Waals surface area contributed by atoms with E-state index in [0.29, 0.717) is 21.3 Å². The van der Waals surface area contributed by atoms with Crippen LogP contribution in [0.5, 0.6) is 5.75 Å². The molecule has 16 heavy (non-hydrogen) atoms. The number of hydrogen-bond acceptors (Lipinski definition) is 2. The van der Waals surface area contributed by atoms with E-state index in [9.17, 15) is 5.11 Å². The molecular weight excluding hydrogens is 245 g/mol. The molecule has 0 aliphatic heterocycles. The second-order valence-corrected chi connectivity index (χ2v) is 4.29. The third-order valence-electron chi connectivity index (χ3n) is 2.20. The van der Waals surface area contributed by atoms with E-state index in [2.05, 4.69) is 4.98 Å². The number of rotatable bonds is 1. The molecule has 4 heteroatoms. The summed E-state index contributed by atoms with van der Waals surface area (Å²) in [6.45, 7) is 1.85. The zero-order valence-corrected chi connectivity index (χ0v) is 10.0. The van der Waals surface area contributed by atoms with Crippen molar-refractivity contribution in [1.29, 1.82) is 0 Å². The second kappa shape index (κ2) is 4.32. The molecule has 0 aliphatic rings. The molecule has 0 bridgehead atoms. The van der Waals surface area contributed by atoms with Crippen LogP contribution in [0.15, 0.2) is 30.5 Å². The lowest BCUT2D eigenvalue weighted by Crippen LogP contribution is -1.88. The van der Waals surface area contributed by atoms with Gasteiger partial charge in [-0.15, -0.1) is 0 Å². The van der Waals surface area contributed by atoms with Crippen molar-refractivity contribution >= 4 is 23.2 Å². The molecule has 2 rings (SSSR count). The molecule has 1 heterocycles. The Morgan fingerprint density at radius 1 is 1.19 bits per heavy atom. The van der Waals surface area contributed by atoms with E-state index in [1.54, 1.807) is 30.5 Å². The van der Waals surface area contributed by atoms with Gasteiger partial charge in [-0.3, -0.25) is 4.98 Å². The Morgan fingerprint density at radius 3 is 2.38 bits per heavy atom. The summed E-state index contributed by atoms with van der Waals surface area (Å²) in [7, 11) is 0. The van der Waals surface area contributed by atoms with Crippen LogP contribution in [0.4, 0.5) is 0 Å². The van der Waals surface area contributed by atoms with Gasteiger partial charge in [0.2, 0.25) is 0 Å². The highest BCUT2D eigenvalue weighted by molar-refractivity contribution is 6.39. The van der Waals surface area contributed by atoms with Gasteiger partial charge in [-0.25, -0.2) is 0 Å². The van der Waals surface area contributed by atoms with Crippen LogP contribution in [0.1, 0.15) is 5.56 Å². The van der Waals surface area contributed by atoms with Crippen molar-refractivity contribution < 1.29 is 5.11 Å². The summed E-state index contributed by atoms with van der Waals surface area (Å²) in [5.74, 6) is 0.0787. The van der Waals surface area contributed by atoms with E-state index < -0.39 is 0 Å². The van der Waals surface area contributed by atoms with Crippen molar-refractivity contribution in [2.75, 3.05) is 0 Å². The van der Waals surface area contributed by atoms with E-state index >= 15 is 0 Å². The molecule has 0 amide bonds. The normalized spacial score (nSPS) is 10.4. The highest BCUT2D eigenvalue weighted by Gasteiger charge is 2.13. The molecular formula is C12H9Cl2NO. The van der Waals surface area contributed by atoms with Gasteiger partial charge in [0.1, 0.15) is 11.4 Å². The molecule has 0 fully saturated rings. The summed E-state index contributed by atoms with van der Waals surface area (Å²) in [5.41, 5.74) is 1.84. The highest BCUT2D eigenvalue weighted by Crippen LogP contribution is 2.37. The van der Waals surface area contributed by atoms with Gasteiger partial charge < -0.3 is 5.11 Å². The van der Waals surface area contributed by atoms with Crippen LogP contribution >= 0.6 is 23.2 Å². The lowest BCUT2D eigenvalue weighted by atomic mass is 10.1. The number of hydrogen-bond donors (Lipinski definition) is 1. The Labute approximate surface area is 103 Å². The number of pyridine rings is 1. The van der Waals surface area contributed by atoms with Crippen molar-refractivity contribution in [2.45, 2.75) is 6.92 Å². The minimum atomic E-state index is 0.0787. The summed E-state index contributed by atoms with van der Waals surface area (Å²) in [5, 5.41) is 10.8. The number of nitrogens with zero attached hydrogens (tertiary/aromatic N) is 1. The monoisotopic (exact) mass is 253 g/mol. The molecule has 0 saturated carbocycles. The second-order valence-electron chi connectivity index (χ2n) is 3.48. The van der Waals surface area contributed by atoms with E-state index in [0.717, 1.165) is 5.56 Å². The molecule has 1 N–H and O–H groups in total. The average Bonchev–Trinajstić information content (AvgIpc) is 2.20. The maximum Gasteiger partial charge on any atom is 0.142 e. The number of benzene rings is 1. The molecule has 1 aromatic heterocycles. The zero-order chi connectivity index (χ0) is 11.7. The summed E-state index contributed by atoms with van der Waals surface area (Å²) in [6.07, 6.45) is 1.66. The predicted molar refractivity (Wildman–Crippen MR) is 66.1 cm³/mol. The molecule has 82 valence electrons. The lowest BCUT2D eigenvalue weighted by molar-refractivity contribution is 0.474. The summed E-state index contributed by atoms with van der Waals surface area (Å²) in [6, 6.07) is 6.80. The first kappa shape index (κ1) is 11.2. The van der Waals surface area contributed by atoms with E-state index in [-0.39, 0.29) is 5.75 Å². The summed E-state index contributed by atoms with van der Waals surface area (Å²) >= 11 is 12.1. The fraction of sp³-hybridized carbons (Fsp3) is 0.0833. The van der Waals surface area contributed by atoms with Gasteiger partial charge >= 0.3 is 0 Å². The van der Waals surface area contributed by atoms with E-state index in [1.807, 2.05) is 6.92 Å². The van der Waals surface area contributed by atoms with Crippen LogP contribution in [0, 0.1) is 6.92 Å². The van der Waals surface area contributed by atoms with Gasteiger partial charge in [-0.2, -0.15) is 0 Å². The van der Waals surface area contributed by atoms with Gasteiger partial charge in [0.15, 0.2) is 0 Å². The van der Waals surface area contributed by atoms with Crippen molar-refractivity contribution in [3.63, 3.8) is 0 Å². The van der Waals surface area contributed by atoms with E-state index in [1.165, 1.54) is 0 Å². The minimum Gasteiger partial charge on any atom is -0.506 e. The topological polar surface area (TPSA) is 33.1 Å². The molecule has 0 atom stereocenters. The minimum absolute atomic E-state index is 0.0787. The van der Waals surface area contributed by atoms with Crippen molar-refractivity contribution in [2.24, 2.45) is 0 Å². The first-order chi connectivity index (χ1) is 7.59. The Kier molecular flexibility index (Phi) is 3.03. The van der Waals surface area contributed by atoms with Gasteiger partial charge in [-0.1, -0.05) is 29.3 Å². The maximum absolute atomic E-state index is 9.81. The van der Waals surface area contributed by atoms with Crippen LogP contribution < -0.4 is 0 Å². The number of halogens is 2. The maximum atomic E-state index is 9.81. The van der Waals surface area contributed by atoms with Crippen LogP contribution in [-0.2, 0) is 0 Å². The first-order valence-corrected chi connectivity index (χ1v) is 5.45. The molecule has 0 saturated heterocycles. The standard InChI is InChI=1S/C12H9Cl2NO/c1-7-5-10(16)12(15-6-7)11-8(13)3-2-4-9(11)14/h2-6,16H,1H3. The number of aryl methyl sites for hydroxylation is 1. The van der Waals surface area contributed by atoms with Crippen LogP contribution in [0.2, 0.25) is 10.0 Å². The SMILES string of the molecule is Cc1cnc(-c2c(Cl)cccc2Cl)c(O)c1. The lowest BCUT2D eigenvalue weighted by Gasteiger charge is -2.08. The third kappa shape index (κ3) is 1.99. The molecule has 2 nitrogen and oxygen atoms in total. The Hall–Kier alpha value is -1.25. The van der Waals surface area contributed by atoms with Gasteiger partial charge in [0.25, 0.3) is 0 Å². The Morgan fingerprint density at radius 2 is 1.81 bits per heavy atom. The van der Waals surface area contributed by atoms with Crippen molar-refractivity contribution in [3.05, 3.63) is 46.1 Å². The Balaban J connectivity index is 2.68. The molecule has 0 aliphatic carbocycles. The predicted octanol–water partition coefficient (Wildman–Crippen LogP) is 4.07. The van der Waals surface area contributed by atoms with Crippen molar-refractivity contribution in [3.8, 4) is 17.0 Å². The largest absolute Gasteiger partial charge is 0.506 e. The van der Waals surface area contributed by atoms with Gasteiger partial charge in [0, 0.05) is 11.8 Å². The quantitative estimate of drug-likeness (QED) is 0.832. The summed E-state index contributed by atoms with van der Waals surface area (Å²) in [4.78, 5) is 4.15. The molecule has 0 unspecified atom stereocenters. The van der Waals surface area contributed by atoms with Gasteiger partial charge in [-0.05, 0) is 30.7 Å². The highest BCUT2D eigenvalue weighted by atomic mass is 35.5. The van der Waals surface area contributed by atoms with Crippen LogP contribution in [0.3, 0.4) is 0 Å². The van der Waals surface area contributed by atoms with Crippen LogP contribution in [0.25, 0.3) is 11.3 Å². The zero-order valence-electron chi connectivity index (χ0n) is 8.54. The smallest absolute Gasteiger partial charge is 0.142 e. The van der Waals surface area contributed by atoms with Gasteiger partial charge in [0.05, 0.1) is 10.0 Å². The molecule has 0 radical (unpaired) electrons. The first-order valence-electron chi connectivity index (χ1n) is 4.69. The fourth-order valence-corrected chi connectivity index (χ4v) is 2.05. The number of aromatic nitrogens is 1. The molecule has 2 aromatic rings. The van der Waals surface area contributed by atoms with Crippen molar-refractivity contribution in [1.82, 2.24) is 4.98 Å². The van der Waals surface area contributed by atoms with Crippen LogP contribution in [-0.4, -0.2) is 10.1 Å².